The maximum absolute atomic E-state index is 12.9. The number of urea groups is 1. The molecule has 7 heteroatoms. The van der Waals surface area contributed by atoms with Gasteiger partial charge in [-0.25, -0.2) is 4.79 Å². The molecule has 36 heavy (non-hydrogen) atoms. The minimum atomic E-state index is -0.262. The van der Waals surface area contributed by atoms with E-state index in [9.17, 15) is 4.79 Å². The summed E-state index contributed by atoms with van der Waals surface area (Å²) in [5.41, 5.74) is 3.60. The van der Waals surface area contributed by atoms with Gasteiger partial charge in [0, 0.05) is 23.4 Å². The van der Waals surface area contributed by atoms with Crippen molar-refractivity contribution >= 4 is 11.7 Å². The van der Waals surface area contributed by atoms with Gasteiger partial charge >= 0.3 is 6.03 Å². The number of amides is 2. The predicted octanol–water partition coefficient (Wildman–Crippen LogP) is 5.30. The molecule has 0 bridgehead atoms. The van der Waals surface area contributed by atoms with Crippen molar-refractivity contribution in [3.8, 4) is 17.6 Å². The molecule has 4 rings (SSSR count). The number of anilines is 1. The summed E-state index contributed by atoms with van der Waals surface area (Å²) in [4.78, 5) is 15.3. The van der Waals surface area contributed by atoms with Crippen LogP contribution in [0.4, 0.5) is 10.5 Å². The molecule has 1 fully saturated rings. The summed E-state index contributed by atoms with van der Waals surface area (Å²) in [6, 6.07) is 25.0. The van der Waals surface area contributed by atoms with Crippen LogP contribution in [0.1, 0.15) is 35.6 Å². The highest BCUT2D eigenvalue weighted by molar-refractivity contribution is 5.90. The molecular formula is C29H32N4O3. The third-order valence-corrected chi connectivity index (χ3v) is 6.40. The van der Waals surface area contributed by atoms with E-state index in [1.54, 1.807) is 7.11 Å². The van der Waals surface area contributed by atoms with Gasteiger partial charge in [-0.15, -0.1) is 0 Å². The van der Waals surface area contributed by atoms with Crippen molar-refractivity contribution in [2.75, 3.05) is 32.1 Å². The van der Waals surface area contributed by atoms with Crippen molar-refractivity contribution in [3.05, 3.63) is 89.5 Å². The van der Waals surface area contributed by atoms with Gasteiger partial charge in [0.25, 0.3) is 0 Å². The average Bonchev–Trinajstić information content (AvgIpc) is 3.44. The summed E-state index contributed by atoms with van der Waals surface area (Å²) in [6.45, 7) is 2.79. The van der Waals surface area contributed by atoms with Gasteiger partial charge in [-0.1, -0.05) is 48.5 Å². The summed E-state index contributed by atoms with van der Waals surface area (Å²) < 4.78 is 11.5. The molecule has 2 N–H and O–H groups in total. The number of para-hydroxylation sites is 2. The molecule has 3 aromatic rings. The number of nitriles is 1. The number of benzene rings is 3. The molecule has 1 heterocycles. The van der Waals surface area contributed by atoms with Gasteiger partial charge in [0.15, 0.2) is 0 Å². The standard InChI is InChI=1S/C29H32N4O3/c1-35-28-11-5-3-9-25(28)27(33-18-6-7-19-33)20-31-29(34)32-26-10-4-2-8-23(26)21-36-24-14-12-22(13-15-24)16-17-30/h2-5,8-15,27H,6-7,16,18-21H2,1H3,(H2,31,32,34). The van der Waals surface area contributed by atoms with Crippen LogP contribution in [0.25, 0.3) is 0 Å². The van der Waals surface area contributed by atoms with E-state index in [1.807, 2.05) is 66.7 Å². The summed E-state index contributed by atoms with van der Waals surface area (Å²) in [6.07, 6.45) is 2.69. The van der Waals surface area contributed by atoms with Crippen LogP contribution in [0.5, 0.6) is 11.5 Å². The number of ether oxygens (including phenoxy) is 2. The van der Waals surface area contributed by atoms with Crippen molar-refractivity contribution < 1.29 is 14.3 Å². The summed E-state index contributed by atoms with van der Waals surface area (Å²) >= 11 is 0. The number of hydrogen-bond donors (Lipinski definition) is 2. The Bertz CT molecular complexity index is 1180. The van der Waals surface area contributed by atoms with Crippen LogP contribution in [-0.2, 0) is 13.0 Å². The van der Waals surface area contributed by atoms with Gasteiger partial charge in [-0.05, 0) is 55.8 Å². The Hall–Kier alpha value is -4.02. The second-order valence-electron chi connectivity index (χ2n) is 8.76. The summed E-state index contributed by atoms with van der Waals surface area (Å²) in [7, 11) is 1.68. The molecule has 186 valence electrons. The minimum Gasteiger partial charge on any atom is -0.496 e. The molecule has 0 radical (unpaired) electrons. The Labute approximate surface area is 212 Å². The number of carbonyl (C=O) groups is 1. The van der Waals surface area contributed by atoms with Gasteiger partial charge in [0.2, 0.25) is 0 Å². The van der Waals surface area contributed by atoms with E-state index in [1.165, 1.54) is 0 Å². The molecule has 0 aromatic heterocycles. The third kappa shape index (κ3) is 6.55. The van der Waals surface area contributed by atoms with E-state index in [0.717, 1.165) is 48.4 Å². The average molecular weight is 485 g/mol. The van der Waals surface area contributed by atoms with Crippen LogP contribution in [0.2, 0.25) is 0 Å². The van der Waals surface area contributed by atoms with Gasteiger partial charge in [-0.3, -0.25) is 4.90 Å². The molecule has 3 aromatic carbocycles. The van der Waals surface area contributed by atoms with Gasteiger partial charge in [0.05, 0.1) is 25.6 Å². The first kappa shape index (κ1) is 25.1. The molecule has 1 aliphatic rings. The Morgan fingerprint density at radius 2 is 1.75 bits per heavy atom. The Morgan fingerprint density at radius 1 is 1.03 bits per heavy atom. The number of methoxy groups -OCH3 is 1. The fourth-order valence-corrected chi connectivity index (χ4v) is 4.51. The summed E-state index contributed by atoms with van der Waals surface area (Å²) in [5.74, 6) is 1.54. The second kappa shape index (κ2) is 12.6. The lowest BCUT2D eigenvalue weighted by Crippen LogP contribution is -2.38. The topological polar surface area (TPSA) is 86.6 Å². The normalized spacial score (nSPS) is 14.0. The van der Waals surface area contributed by atoms with Crippen molar-refractivity contribution in [2.45, 2.75) is 31.9 Å². The van der Waals surface area contributed by atoms with Crippen LogP contribution in [0, 0.1) is 11.3 Å². The van der Waals surface area contributed by atoms with E-state index in [2.05, 4.69) is 27.7 Å². The van der Waals surface area contributed by atoms with Gasteiger partial charge in [0.1, 0.15) is 18.1 Å². The second-order valence-corrected chi connectivity index (χ2v) is 8.76. The van der Waals surface area contributed by atoms with E-state index in [0.29, 0.717) is 31.0 Å². The maximum Gasteiger partial charge on any atom is 0.319 e. The first-order chi connectivity index (χ1) is 17.7. The van der Waals surface area contributed by atoms with Gasteiger partial charge < -0.3 is 20.1 Å². The number of rotatable bonds is 10. The fourth-order valence-electron chi connectivity index (χ4n) is 4.51. The van der Waals surface area contributed by atoms with E-state index < -0.39 is 0 Å². The van der Waals surface area contributed by atoms with Crippen molar-refractivity contribution in [3.63, 3.8) is 0 Å². The lowest BCUT2D eigenvalue weighted by Gasteiger charge is -2.29. The third-order valence-electron chi connectivity index (χ3n) is 6.40. The highest BCUT2D eigenvalue weighted by atomic mass is 16.5. The zero-order valence-corrected chi connectivity index (χ0v) is 20.6. The molecule has 0 spiro atoms. The fraction of sp³-hybridized carbons (Fsp3) is 0.310. The number of nitrogens with zero attached hydrogens (tertiary/aromatic N) is 2. The van der Waals surface area contributed by atoms with Crippen molar-refractivity contribution in [2.24, 2.45) is 0 Å². The number of carbonyl (C=O) groups excluding carboxylic acids is 1. The molecular weight excluding hydrogens is 452 g/mol. The zero-order valence-electron chi connectivity index (χ0n) is 20.6. The lowest BCUT2D eigenvalue weighted by molar-refractivity contribution is 0.224. The summed E-state index contributed by atoms with van der Waals surface area (Å²) in [5, 5.41) is 14.9. The van der Waals surface area contributed by atoms with Crippen LogP contribution in [-0.4, -0.2) is 37.7 Å². The van der Waals surface area contributed by atoms with E-state index in [4.69, 9.17) is 14.7 Å². The quantitative estimate of drug-likeness (QED) is 0.408. The highest BCUT2D eigenvalue weighted by Gasteiger charge is 2.26. The first-order valence-electron chi connectivity index (χ1n) is 12.3. The highest BCUT2D eigenvalue weighted by Crippen LogP contribution is 2.31. The SMILES string of the molecule is COc1ccccc1C(CNC(=O)Nc1ccccc1COc1ccc(CC#N)cc1)N1CCCC1. The largest absolute Gasteiger partial charge is 0.496 e. The molecule has 0 aliphatic carbocycles. The molecule has 0 saturated carbocycles. The number of likely N-dealkylation sites (tertiary alicyclic amines) is 1. The maximum atomic E-state index is 12.9. The minimum absolute atomic E-state index is 0.0389. The molecule has 1 unspecified atom stereocenters. The van der Waals surface area contributed by atoms with Crippen molar-refractivity contribution in [1.29, 1.82) is 5.26 Å². The molecule has 1 aliphatic heterocycles. The molecule has 1 saturated heterocycles. The first-order valence-corrected chi connectivity index (χ1v) is 12.3. The number of nitrogens with one attached hydrogen (secondary N) is 2. The predicted molar refractivity (Wildman–Crippen MR) is 140 cm³/mol. The zero-order chi connectivity index (χ0) is 25.2. The van der Waals surface area contributed by atoms with Crippen LogP contribution in [0.3, 0.4) is 0 Å². The van der Waals surface area contributed by atoms with Crippen LogP contribution in [0.15, 0.2) is 72.8 Å². The monoisotopic (exact) mass is 484 g/mol. The Balaban J connectivity index is 1.38. The molecule has 2 amide bonds. The Kier molecular flexibility index (Phi) is 8.79. The van der Waals surface area contributed by atoms with E-state index in [-0.39, 0.29) is 12.1 Å². The van der Waals surface area contributed by atoms with Crippen molar-refractivity contribution in [1.82, 2.24) is 10.2 Å². The van der Waals surface area contributed by atoms with Crippen LogP contribution < -0.4 is 20.1 Å². The van der Waals surface area contributed by atoms with Gasteiger partial charge in [-0.2, -0.15) is 5.26 Å². The van der Waals surface area contributed by atoms with Crippen LogP contribution >= 0.6 is 0 Å². The smallest absolute Gasteiger partial charge is 0.319 e. The Morgan fingerprint density at radius 3 is 2.50 bits per heavy atom. The lowest BCUT2D eigenvalue weighted by atomic mass is 10.0. The molecule has 7 nitrogen and oxygen atoms in total. The molecule has 1 atom stereocenters. The van der Waals surface area contributed by atoms with E-state index >= 15 is 0 Å². The number of hydrogen-bond acceptors (Lipinski definition) is 5.